The van der Waals surface area contributed by atoms with Gasteiger partial charge in [0.2, 0.25) is 0 Å². The molecule has 3 rings (SSSR count). The highest BCUT2D eigenvalue weighted by Crippen LogP contribution is 2.27. The van der Waals surface area contributed by atoms with Gasteiger partial charge in [-0.2, -0.15) is 0 Å². The van der Waals surface area contributed by atoms with Crippen LogP contribution in [-0.2, 0) is 13.0 Å². The first kappa shape index (κ1) is 8.24. The lowest BCUT2D eigenvalue weighted by Gasteiger charge is -2.15. The predicted octanol–water partition coefficient (Wildman–Crippen LogP) is 2.42. The number of aromatic nitrogens is 3. The van der Waals surface area contributed by atoms with Crippen LogP contribution in [0.3, 0.4) is 0 Å². The number of nitrogens with zero attached hydrogens (tertiary/aromatic N) is 3. The molecule has 4 heteroatoms. The average Bonchev–Trinajstić information content (AvgIpc) is 2.57. The van der Waals surface area contributed by atoms with Gasteiger partial charge >= 0.3 is 0 Å². The first-order valence-electron chi connectivity index (χ1n) is 4.85. The average molecular weight is 208 g/mol. The second kappa shape index (κ2) is 2.95. The molecule has 3 heterocycles. The summed E-state index contributed by atoms with van der Waals surface area (Å²) in [5, 5.41) is 0.572. The molecule has 14 heavy (non-hydrogen) atoms. The zero-order valence-corrected chi connectivity index (χ0v) is 8.46. The van der Waals surface area contributed by atoms with Gasteiger partial charge in [-0.25, -0.2) is 9.97 Å². The molecule has 0 spiro atoms. The molecule has 1 aliphatic rings. The summed E-state index contributed by atoms with van der Waals surface area (Å²) in [7, 11) is 0. The Kier molecular flexibility index (Phi) is 1.74. The van der Waals surface area contributed by atoms with Crippen molar-refractivity contribution in [3.8, 4) is 0 Å². The first-order chi connectivity index (χ1) is 6.86. The van der Waals surface area contributed by atoms with Crippen LogP contribution >= 0.6 is 11.6 Å². The van der Waals surface area contributed by atoms with E-state index in [-0.39, 0.29) is 0 Å². The molecule has 0 aromatic carbocycles. The fourth-order valence-corrected chi connectivity index (χ4v) is 2.39. The van der Waals surface area contributed by atoms with Crippen molar-refractivity contribution in [3.63, 3.8) is 0 Å². The van der Waals surface area contributed by atoms with Crippen LogP contribution in [0.2, 0.25) is 5.15 Å². The molecule has 72 valence electrons. The lowest BCUT2D eigenvalue weighted by molar-refractivity contribution is 0.545. The van der Waals surface area contributed by atoms with Gasteiger partial charge in [0.25, 0.3) is 0 Å². The zero-order valence-electron chi connectivity index (χ0n) is 7.70. The van der Waals surface area contributed by atoms with Gasteiger partial charge in [-0.3, -0.25) is 0 Å². The van der Waals surface area contributed by atoms with E-state index in [1.54, 1.807) is 0 Å². The maximum Gasteiger partial charge on any atom is 0.156 e. The van der Waals surface area contributed by atoms with E-state index >= 15 is 0 Å². The number of hydrogen-bond acceptors (Lipinski definition) is 2. The van der Waals surface area contributed by atoms with Crippen LogP contribution in [0.25, 0.3) is 11.0 Å². The summed E-state index contributed by atoms with van der Waals surface area (Å²) in [6, 6.07) is 2.13. The van der Waals surface area contributed by atoms with Crippen LogP contribution in [0.4, 0.5) is 0 Å². The lowest BCUT2D eigenvalue weighted by atomic mass is 10.1. The molecule has 3 nitrogen and oxygen atoms in total. The van der Waals surface area contributed by atoms with Crippen LogP contribution in [-0.4, -0.2) is 14.5 Å². The molecule has 0 aliphatic carbocycles. The molecule has 0 bridgehead atoms. The number of halogens is 1. The Morgan fingerprint density at radius 2 is 2.21 bits per heavy atom. The SMILES string of the molecule is Clc1ncnc2cc3n(c12)CCCC3. The summed E-state index contributed by atoms with van der Waals surface area (Å²) in [6.45, 7) is 1.05. The van der Waals surface area contributed by atoms with Gasteiger partial charge in [0, 0.05) is 12.2 Å². The molecule has 0 saturated carbocycles. The van der Waals surface area contributed by atoms with Gasteiger partial charge in [0.15, 0.2) is 5.15 Å². The minimum atomic E-state index is 0.572. The van der Waals surface area contributed by atoms with Gasteiger partial charge in [-0.1, -0.05) is 11.6 Å². The molecular weight excluding hydrogens is 198 g/mol. The molecule has 2 aromatic heterocycles. The second-order valence-corrected chi connectivity index (χ2v) is 4.00. The molecule has 0 unspecified atom stereocenters. The Hall–Kier alpha value is -1.09. The Morgan fingerprint density at radius 1 is 1.29 bits per heavy atom. The third-order valence-electron chi connectivity index (χ3n) is 2.79. The van der Waals surface area contributed by atoms with Crippen LogP contribution in [0.1, 0.15) is 18.5 Å². The topological polar surface area (TPSA) is 30.7 Å². The highest BCUT2D eigenvalue weighted by molar-refractivity contribution is 6.33. The summed E-state index contributed by atoms with van der Waals surface area (Å²) in [4.78, 5) is 8.25. The van der Waals surface area contributed by atoms with Crippen LogP contribution in [0.15, 0.2) is 12.4 Å². The summed E-state index contributed by atoms with van der Waals surface area (Å²) in [5.41, 5.74) is 3.32. The molecule has 1 aliphatic heterocycles. The quantitative estimate of drug-likeness (QED) is 0.622. The van der Waals surface area contributed by atoms with Gasteiger partial charge in [-0.15, -0.1) is 0 Å². The third-order valence-corrected chi connectivity index (χ3v) is 3.07. The molecule has 0 atom stereocenters. The smallest absolute Gasteiger partial charge is 0.156 e. The minimum absolute atomic E-state index is 0.572. The van der Waals surface area contributed by atoms with Gasteiger partial charge in [-0.05, 0) is 25.3 Å². The van der Waals surface area contributed by atoms with Crippen molar-refractivity contribution in [2.75, 3.05) is 0 Å². The molecular formula is C10H10ClN3. The summed E-state index contributed by atoms with van der Waals surface area (Å²) < 4.78 is 2.25. The molecule has 0 amide bonds. The van der Waals surface area contributed by atoms with Crippen LogP contribution < -0.4 is 0 Å². The summed E-state index contributed by atoms with van der Waals surface area (Å²) >= 11 is 6.06. The first-order valence-corrected chi connectivity index (χ1v) is 5.22. The van der Waals surface area contributed by atoms with E-state index in [9.17, 15) is 0 Å². The van der Waals surface area contributed by atoms with E-state index in [0.717, 1.165) is 24.0 Å². The summed E-state index contributed by atoms with van der Waals surface area (Å²) in [6.07, 6.45) is 5.15. The van der Waals surface area contributed by atoms with Crippen LogP contribution in [0, 0.1) is 0 Å². The highest BCUT2D eigenvalue weighted by atomic mass is 35.5. The minimum Gasteiger partial charge on any atom is -0.341 e. The van der Waals surface area contributed by atoms with E-state index in [0.29, 0.717) is 5.15 Å². The Bertz CT molecular complexity index is 489. The second-order valence-electron chi connectivity index (χ2n) is 3.64. The largest absolute Gasteiger partial charge is 0.341 e. The maximum atomic E-state index is 6.06. The van der Waals surface area contributed by atoms with Crippen molar-refractivity contribution in [3.05, 3.63) is 23.2 Å². The normalized spacial score (nSPS) is 15.8. The Labute approximate surface area is 86.7 Å². The molecule has 0 saturated heterocycles. The van der Waals surface area contributed by atoms with Crippen molar-refractivity contribution in [1.82, 2.24) is 14.5 Å². The van der Waals surface area contributed by atoms with E-state index in [1.165, 1.54) is 24.9 Å². The number of aryl methyl sites for hydroxylation is 2. The van der Waals surface area contributed by atoms with Crippen molar-refractivity contribution in [2.45, 2.75) is 25.8 Å². The van der Waals surface area contributed by atoms with Gasteiger partial charge < -0.3 is 4.57 Å². The Balaban J connectivity index is 2.38. The van der Waals surface area contributed by atoms with Crippen LogP contribution in [0.5, 0.6) is 0 Å². The zero-order chi connectivity index (χ0) is 9.54. The van der Waals surface area contributed by atoms with Crippen molar-refractivity contribution in [1.29, 1.82) is 0 Å². The van der Waals surface area contributed by atoms with Gasteiger partial charge in [0.1, 0.15) is 11.8 Å². The van der Waals surface area contributed by atoms with E-state index in [2.05, 4.69) is 20.6 Å². The number of rotatable bonds is 0. The number of fused-ring (bicyclic) bond motifs is 3. The van der Waals surface area contributed by atoms with E-state index < -0.39 is 0 Å². The maximum absolute atomic E-state index is 6.06. The predicted molar refractivity (Wildman–Crippen MR) is 55.5 cm³/mol. The lowest BCUT2D eigenvalue weighted by Crippen LogP contribution is -2.09. The highest BCUT2D eigenvalue weighted by Gasteiger charge is 2.15. The fraction of sp³-hybridized carbons (Fsp3) is 0.400. The van der Waals surface area contributed by atoms with E-state index in [4.69, 9.17) is 11.6 Å². The van der Waals surface area contributed by atoms with Gasteiger partial charge in [0.05, 0.1) is 5.52 Å². The molecule has 0 radical (unpaired) electrons. The molecule has 0 N–H and O–H groups in total. The molecule has 2 aromatic rings. The van der Waals surface area contributed by atoms with Crippen molar-refractivity contribution >= 4 is 22.6 Å². The Morgan fingerprint density at radius 3 is 3.14 bits per heavy atom. The monoisotopic (exact) mass is 207 g/mol. The standard InChI is InChI=1S/C10H10ClN3/c11-10-9-8(12-6-13-10)5-7-3-1-2-4-14(7)9/h5-6H,1-4H2. The van der Waals surface area contributed by atoms with Crippen molar-refractivity contribution in [2.24, 2.45) is 0 Å². The molecule has 0 fully saturated rings. The van der Waals surface area contributed by atoms with E-state index in [1.807, 2.05) is 0 Å². The fourth-order valence-electron chi connectivity index (χ4n) is 2.14. The summed E-state index contributed by atoms with van der Waals surface area (Å²) in [5.74, 6) is 0. The van der Waals surface area contributed by atoms with Crippen molar-refractivity contribution < 1.29 is 0 Å². The third kappa shape index (κ3) is 1.05. The number of hydrogen-bond donors (Lipinski definition) is 0.